The van der Waals surface area contributed by atoms with Crippen LogP contribution in [0.1, 0.15) is 36.5 Å². The number of sulfonamides is 1. The number of hydrogen-bond acceptors (Lipinski definition) is 5. The van der Waals surface area contributed by atoms with E-state index in [2.05, 4.69) is 4.72 Å². The molecule has 3 unspecified atom stereocenters. The maximum absolute atomic E-state index is 13.3. The van der Waals surface area contributed by atoms with Crippen LogP contribution in [0.15, 0.2) is 48.5 Å². The monoisotopic (exact) mass is 468 g/mol. The molecular weight excluding hydrogens is 439 g/mol. The number of nitrogen functional groups attached to an aromatic ring is 1. The van der Waals surface area contributed by atoms with Crippen molar-refractivity contribution in [3.8, 4) is 0 Å². The van der Waals surface area contributed by atoms with Gasteiger partial charge >= 0.3 is 5.97 Å². The highest BCUT2D eigenvalue weighted by Gasteiger charge is 2.41. The van der Waals surface area contributed by atoms with Crippen molar-refractivity contribution in [2.45, 2.75) is 38.2 Å². The van der Waals surface area contributed by atoms with Crippen LogP contribution in [0.5, 0.6) is 0 Å². The van der Waals surface area contributed by atoms with Crippen molar-refractivity contribution in [2.75, 3.05) is 11.9 Å². The summed E-state index contributed by atoms with van der Waals surface area (Å²) in [4.78, 5) is 22.8. The number of carboxylic acids is 1. The van der Waals surface area contributed by atoms with Crippen LogP contribution in [0.2, 0.25) is 0 Å². The largest absolute Gasteiger partial charge is 0.481 e. The SMILES string of the molecule is Cc1c(N)cccc1C(CP(=O)(O)C(NS(=O)(=O)Cc1ccccc1)C(C)C)C(=O)O. The predicted octanol–water partition coefficient (Wildman–Crippen LogP) is 3.12. The molecule has 2 aromatic rings. The molecule has 0 spiro atoms. The molecule has 0 bridgehead atoms. The number of nitrogens with two attached hydrogens (primary N) is 1. The lowest BCUT2D eigenvalue weighted by Gasteiger charge is -2.29. The van der Waals surface area contributed by atoms with E-state index < -0.39 is 47.1 Å². The summed E-state index contributed by atoms with van der Waals surface area (Å²) in [6.45, 7) is 4.87. The molecule has 0 heterocycles. The number of rotatable bonds is 10. The van der Waals surface area contributed by atoms with Gasteiger partial charge in [-0.3, -0.25) is 9.36 Å². The fourth-order valence-electron chi connectivity index (χ4n) is 3.44. The molecule has 170 valence electrons. The molecule has 2 aromatic carbocycles. The van der Waals surface area contributed by atoms with Gasteiger partial charge in [0.25, 0.3) is 0 Å². The second-order valence-corrected chi connectivity index (χ2v) is 12.1. The van der Waals surface area contributed by atoms with E-state index in [0.29, 0.717) is 22.4 Å². The van der Waals surface area contributed by atoms with Crippen LogP contribution in [0.25, 0.3) is 0 Å². The average Bonchev–Trinajstić information content (AvgIpc) is 2.67. The first-order chi connectivity index (χ1) is 14.3. The highest BCUT2D eigenvalue weighted by Crippen LogP contribution is 2.51. The summed E-state index contributed by atoms with van der Waals surface area (Å²) in [6, 6.07) is 13.2. The molecule has 8 nitrogen and oxygen atoms in total. The summed E-state index contributed by atoms with van der Waals surface area (Å²) in [5.41, 5.74) is 7.62. The van der Waals surface area contributed by atoms with Gasteiger partial charge in [-0.25, -0.2) is 13.1 Å². The first-order valence-electron chi connectivity index (χ1n) is 9.77. The summed E-state index contributed by atoms with van der Waals surface area (Å²) in [5, 5.41) is 9.74. The molecule has 0 aliphatic rings. The molecule has 0 radical (unpaired) electrons. The van der Waals surface area contributed by atoms with Gasteiger partial charge in [0.15, 0.2) is 0 Å². The second-order valence-electron chi connectivity index (χ2n) is 7.94. The molecule has 2 rings (SSSR count). The Kier molecular flexibility index (Phi) is 8.05. The Labute approximate surface area is 183 Å². The Morgan fingerprint density at radius 1 is 1.13 bits per heavy atom. The molecular formula is C21H29N2O6PS. The molecule has 0 amide bonds. The van der Waals surface area contributed by atoms with Crippen molar-refractivity contribution >= 4 is 29.0 Å². The van der Waals surface area contributed by atoms with Crippen molar-refractivity contribution in [3.05, 3.63) is 65.2 Å². The van der Waals surface area contributed by atoms with E-state index in [1.54, 1.807) is 69.3 Å². The molecule has 0 saturated carbocycles. The maximum Gasteiger partial charge on any atom is 0.311 e. The Morgan fingerprint density at radius 2 is 1.74 bits per heavy atom. The van der Waals surface area contributed by atoms with Crippen LogP contribution in [-0.2, 0) is 25.1 Å². The van der Waals surface area contributed by atoms with Crippen molar-refractivity contribution < 1.29 is 27.8 Å². The fraction of sp³-hybridized carbons (Fsp3) is 0.381. The van der Waals surface area contributed by atoms with Gasteiger partial charge in [0.05, 0.1) is 11.7 Å². The summed E-state index contributed by atoms with van der Waals surface area (Å²) < 4.78 is 41.0. The van der Waals surface area contributed by atoms with Crippen molar-refractivity contribution in [3.63, 3.8) is 0 Å². The van der Waals surface area contributed by atoms with E-state index in [4.69, 9.17) is 5.73 Å². The minimum absolute atomic E-state index is 0.330. The zero-order chi connectivity index (χ0) is 23.4. The molecule has 5 N–H and O–H groups in total. The summed E-state index contributed by atoms with van der Waals surface area (Å²) in [6.07, 6.45) is -0.622. The van der Waals surface area contributed by atoms with Gasteiger partial charge in [0, 0.05) is 11.8 Å². The van der Waals surface area contributed by atoms with Gasteiger partial charge in [-0.2, -0.15) is 0 Å². The van der Waals surface area contributed by atoms with Crippen LogP contribution in [0, 0.1) is 12.8 Å². The summed E-state index contributed by atoms with van der Waals surface area (Å²) >= 11 is 0. The Bertz CT molecular complexity index is 1070. The van der Waals surface area contributed by atoms with Gasteiger partial charge in [-0.1, -0.05) is 56.3 Å². The lowest BCUT2D eigenvalue weighted by molar-refractivity contribution is -0.138. The first kappa shape index (κ1) is 25.1. The highest BCUT2D eigenvalue weighted by molar-refractivity contribution is 7.89. The van der Waals surface area contributed by atoms with Crippen LogP contribution in [0.4, 0.5) is 5.69 Å². The maximum atomic E-state index is 13.3. The van der Waals surface area contributed by atoms with Crippen molar-refractivity contribution in [1.29, 1.82) is 0 Å². The zero-order valence-corrected chi connectivity index (χ0v) is 19.4. The highest BCUT2D eigenvalue weighted by atomic mass is 32.2. The van der Waals surface area contributed by atoms with Gasteiger partial charge in [0.1, 0.15) is 5.78 Å². The van der Waals surface area contributed by atoms with E-state index in [9.17, 15) is 27.8 Å². The normalized spacial score (nSPS) is 15.9. The van der Waals surface area contributed by atoms with E-state index in [0.717, 1.165) is 0 Å². The minimum Gasteiger partial charge on any atom is -0.481 e. The quantitative estimate of drug-likeness (QED) is 0.309. The van der Waals surface area contributed by atoms with Crippen LogP contribution in [-0.4, -0.2) is 36.3 Å². The Morgan fingerprint density at radius 3 is 2.29 bits per heavy atom. The third kappa shape index (κ3) is 6.64. The van der Waals surface area contributed by atoms with E-state index >= 15 is 0 Å². The number of benzene rings is 2. The average molecular weight is 469 g/mol. The van der Waals surface area contributed by atoms with Gasteiger partial charge in [-0.15, -0.1) is 0 Å². The van der Waals surface area contributed by atoms with Crippen LogP contribution >= 0.6 is 7.37 Å². The van der Waals surface area contributed by atoms with Crippen molar-refractivity contribution in [2.24, 2.45) is 5.92 Å². The number of carbonyl (C=O) groups is 1. The summed E-state index contributed by atoms with van der Waals surface area (Å²) in [7, 11) is -8.23. The topological polar surface area (TPSA) is 147 Å². The minimum atomic E-state index is -4.28. The number of aliphatic carboxylic acids is 1. The molecule has 0 saturated heterocycles. The van der Waals surface area contributed by atoms with E-state index in [1.165, 1.54) is 0 Å². The smallest absolute Gasteiger partial charge is 0.311 e. The zero-order valence-electron chi connectivity index (χ0n) is 17.7. The molecule has 0 aliphatic carbocycles. The molecule has 31 heavy (non-hydrogen) atoms. The lowest BCUT2D eigenvalue weighted by atomic mass is 9.95. The second kappa shape index (κ2) is 9.96. The lowest BCUT2D eigenvalue weighted by Crippen LogP contribution is -2.40. The number of anilines is 1. The van der Waals surface area contributed by atoms with E-state index in [-0.39, 0.29) is 5.75 Å². The first-order valence-corrected chi connectivity index (χ1v) is 13.3. The number of carboxylic acid groups (broad SMARTS) is 1. The van der Waals surface area contributed by atoms with Gasteiger partial charge in [-0.05, 0) is 35.6 Å². The standard InChI is InChI=1S/C21H29N2O6PS/c1-14(2)20(23-31(28,29)13-16-8-5-4-6-9-16)30(26,27)12-18(21(24)25)17-10-7-11-19(22)15(17)3/h4-11,14,18,20,23H,12-13,22H2,1-3H3,(H,24,25)(H,26,27). The van der Waals surface area contributed by atoms with Gasteiger partial charge < -0.3 is 15.7 Å². The van der Waals surface area contributed by atoms with Crippen molar-refractivity contribution in [1.82, 2.24) is 4.72 Å². The van der Waals surface area contributed by atoms with Crippen LogP contribution < -0.4 is 10.5 Å². The van der Waals surface area contributed by atoms with Crippen LogP contribution in [0.3, 0.4) is 0 Å². The summed E-state index contributed by atoms with van der Waals surface area (Å²) in [5.74, 6) is -4.81. The third-order valence-corrected chi connectivity index (χ3v) is 9.09. The molecule has 0 aliphatic heterocycles. The Hall–Kier alpha value is -2.19. The fourth-order valence-corrected chi connectivity index (χ4v) is 7.97. The predicted molar refractivity (Wildman–Crippen MR) is 121 cm³/mol. The van der Waals surface area contributed by atoms with Gasteiger partial charge in [0.2, 0.25) is 17.4 Å². The molecule has 10 heteroatoms. The Balaban J connectivity index is 2.32. The molecule has 0 fully saturated rings. The number of nitrogens with one attached hydrogen (secondary N) is 1. The van der Waals surface area contributed by atoms with E-state index in [1.807, 2.05) is 0 Å². The molecule has 3 atom stereocenters. The number of hydrogen-bond donors (Lipinski definition) is 4. The third-order valence-electron chi connectivity index (χ3n) is 5.10. The molecule has 0 aromatic heterocycles.